The van der Waals surface area contributed by atoms with Crippen LogP contribution in [0.5, 0.6) is 0 Å². The predicted molar refractivity (Wildman–Crippen MR) is 80.3 cm³/mol. The third kappa shape index (κ3) is 4.05. The standard InChI is InChI=1S/C15H23NOS/c1-14(2,3)13(12-10-8-7-9-11-12)16-18(17)15(4,5)6/h7-11H,1-6H3/b16-13-/t18-/m0/s1. The molecule has 0 aliphatic rings. The van der Waals surface area contributed by atoms with Gasteiger partial charge in [0.05, 0.1) is 10.5 Å². The summed E-state index contributed by atoms with van der Waals surface area (Å²) in [6.07, 6.45) is 0. The van der Waals surface area contributed by atoms with Crippen LogP contribution in [0.3, 0.4) is 0 Å². The highest BCUT2D eigenvalue weighted by Crippen LogP contribution is 2.24. The first-order valence-corrected chi connectivity index (χ1v) is 7.29. The van der Waals surface area contributed by atoms with Gasteiger partial charge in [-0.2, -0.15) is 4.40 Å². The highest BCUT2D eigenvalue weighted by Gasteiger charge is 2.25. The zero-order valence-corrected chi connectivity index (χ0v) is 13.0. The number of hydrogen-bond acceptors (Lipinski definition) is 1. The summed E-state index contributed by atoms with van der Waals surface area (Å²) in [6, 6.07) is 9.98. The molecule has 1 aromatic carbocycles. The van der Waals surface area contributed by atoms with E-state index in [4.69, 9.17) is 0 Å². The Kier molecular flexibility index (Phi) is 4.49. The van der Waals surface area contributed by atoms with Crippen molar-refractivity contribution < 1.29 is 4.21 Å². The number of rotatable bonds is 2. The van der Waals surface area contributed by atoms with Gasteiger partial charge in [-0.1, -0.05) is 51.1 Å². The topological polar surface area (TPSA) is 29.4 Å². The van der Waals surface area contributed by atoms with Crippen molar-refractivity contribution in [3.05, 3.63) is 35.9 Å². The van der Waals surface area contributed by atoms with Crippen molar-refractivity contribution in [3.63, 3.8) is 0 Å². The molecule has 0 amide bonds. The van der Waals surface area contributed by atoms with Gasteiger partial charge in [0.1, 0.15) is 11.0 Å². The van der Waals surface area contributed by atoms with Gasteiger partial charge in [0.15, 0.2) is 0 Å². The Labute approximate surface area is 113 Å². The van der Waals surface area contributed by atoms with Crippen molar-refractivity contribution in [1.29, 1.82) is 0 Å². The van der Waals surface area contributed by atoms with Crippen molar-refractivity contribution in [1.82, 2.24) is 0 Å². The lowest BCUT2D eigenvalue weighted by atomic mass is 9.86. The molecule has 0 aliphatic carbocycles. The summed E-state index contributed by atoms with van der Waals surface area (Å²) in [5, 5.41) is 0. The maximum atomic E-state index is 12.2. The number of benzene rings is 1. The molecular weight excluding hydrogens is 242 g/mol. The summed E-state index contributed by atoms with van der Waals surface area (Å²) in [7, 11) is -1.23. The largest absolute Gasteiger partial charge is 0.234 e. The lowest BCUT2D eigenvalue weighted by molar-refractivity contribution is 0.591. The summed E-state index contributed by atoms with van der Waals surface area (Å²) in [6.45, 7) is 12.1. The van der Waals surface area contributed by atoms with Crippen LogP contribution in [-0.2, 0) is 11.0 Å². The molecule has 0 aliphatic heterocycles. The second-order valence-corrected chi connectivity index (χ2v) is 8.32. The summed E-state index contributed by atoms with van der Waals surface area (Å²) in [4.78, 5) is 0. The molecule has 0 spiro atoms. The van der Waals surface area contributed by atoms with Gasteiger partial charge in [-0.25, -0.2) is 4.21 Å². The average molecular weight is 265 g/mol. The van der Waals surface area contributed by atoms with Crippen LogP contribution in [-0.4, -0.2) is 14.7 Å². The minimum Gasteiger partial charge on any atom is -0.234 e. The van der Waals surface area contributed by atoms with Gasteiger partial charge >= 0.3 is 0 Å². The van der Waals surface area contributed by atoms with E-state index < -0.39 is 11.0 Å². The molecule has 1 rings (SSSR count). The van der Waals surface area contributed by atoms with Crippen molar-refractivity contribution in [2.75, 3.05) is 0 Å². The van der Waals surface area contributed by atoms with Crippen LogP contribution in [0.1, 0.15) is 47.1 Å². The zero-order chi connectivity index (χ0) is 14.0. The van der Waals surface area contributed by atoms with E-state index in [0.717, 1.165) is 11.3 Å². The van der Waals surface area contributed by atoms with E-state index in [1.807, 2.05) is 51.1 Å². The smallest absolute Gasteiger partial charge is 0.145 e. The van der Waals surface area contributed by atoms with Crippen molar-refractivity contribution in [2.45, 2.75) is 46.3 Å². The molecule has 0 bridgehead atoms. The van der Waals surface area contributed by atoms with E-state index in [-0.39, 0.29) is 10.2 Å². The first-order chi connectivity index (χ1) is 8.12. The fourth-order valence-corrected chi connectivity index (χ4v) is 2.26. The first kappa shape index (κ1) is 15.1. The van der Waals surface area contributed by atoms with Crippen molar-refractivity contribution in [3.8, 4) is 0 Å². The molecule has 0 heterocycles. The Morgan fingerprint density at radius 2 is 1.50 bits per heavy atom. The lowest BCUT2D eigenvalue weighted by Gasteiger charge is -2.23. The third-order valence-corrected chi connectivity index (χ3v) is 3.85. The normalized spacial score (nSPS) is 15.6. The second-order valence-electron chi connectivity index (χ2n) is 6.42. The fourth-order valence-electron chi connectivity index (χ4n) is 1.44. The van der Waals surface area contributed by atoms with Crippen LogP contribution in [0.4, 0.5) is 0 Å². The van der Waals surface area contributed by atoms with Gasteiger partial charge in [0.25, 0.3) is 0 Å². The predicted octanol–water partition coefficient (Wildman–Crippen LogP) is 3.98. The van der Waals surface area contributed by atoms with Gasteiger partial charge in [-0.15, -0.1) is 0 Å². The van der Waals surface area contributed by atoms with E-state index in [2.05, 4.69) is 25.2 Å². The first-order valence-electron chi connectivity index (χ1n) is 6.19. The van der Waals surface area contributed by atoms with Gasteiger partial charge in [0, 0.05) is 5.41 Å². The minimum absolute atomic E-state index is 0.123. The van der Waals surface area contributed by atoms with Crippen molar-refractivity contribution in [2.24, 2.45) is 9.81 Å². The summed E-state index contributed by atoms with van der Waals surface area (Å²) >= 11 is 0. The average Bonchev–Trinajstić information content (AvgIpc) is 2.23. The molecule has 0 unspecified atom stereocenters. The van der Waals surface area contributed by atoms with E-state index in [1.165, 1.54) is 0 Å². The Balaban J connectivity index is 3.25. The van der Waals surface area contributed by atoms with Gasteiger partial charge in [-0.3, -0.25) is 0 Å². The van der Waals surface area contributed by atoms with Crippen LogP contribution in [0, 0.1) is 5.41 Å². The van der Waals surface area contributed by atoms with Gasteiger partial charge in [0.2, 0.25) is 0 Å². The molecule has 0 N–H and O–H groups in total. The molecule has 3 heteroatoms. The quantitative estimate of drug-likeness (QED) is 0.744. The molecule has 100 valence electrons. The van der Waals surface area contributed by atoms with Crippen LogP contribution >= 0.6 is 0 Å². The van der Waals surface area contributed by atoms with Crippen LogP contribution in [0.2, 0.25) is 0 Å². The molecule has 0 radical (unpaired) electrons. The SMILES string of the molecule is CC(C)(C)/C(=N\[S@@](=O)C(C)(C)C)c1ccccc1. The van der Waals surface area contributed by atoms with Gasteiger partial charge in [-0.05, 0) is 26.3 Å². The highest BCUT2D eigenvalue weighted by atomic mass is 32.2. The van der Waals surface area contributed by atoms with Crippen LogP contribution in [0.15, 0.2) is 34.7 Å². The van der Waals surface area contributed by atoms with E-state index in [9.17, 15) is 4.21 Å². The maximum absolute atomic E-state index is 12.2. The molecule has 0 aromatic heterocycles. The fraction of sp³-hybridized carbons (Fsp3) is 0.533. The monoisotopic (exact) mass is 265 g/mol. The molecule has 0 saturated heterocycles. The minimum atomic E-state index is -1.23. The molecule has 2 nitrogen and oxygen atoms in total. The Hall–Kier alpha value is -0.960. The van der Waals surface area contributed by atoms with E-state index >= 15 is 0 Å². The molecule has 1 aromatic rings. The Bertz CT molecular complexity index is 450. The molecule has 0 saturated carbocycles. The van der Waals surface area contributed by atoms with Crippen LogP contribution < -0.4 is 0 Å². The van der Waals surface area contributed by atoms with E-state index in [1.54, 1.807) is 0 Å². The molecule has 1 atom stereocenters. The lowest BCUT2D eigenvalue weighted by Crippen LogP contribution is -2.26. The molecular formula is C15H23NOS. The Morgan fingerprint density at radius 3 is 1.89 bits per heavy atom. The summed E-state index contributed by atoms with van der Waals surface area (Å²) in [5.41, 5.74) is 1.82. The number of nitrogens with zero attached hydrogens (tertiary/aromatic N) is 1. The van der Waals surface area contributed by atoms with Crippen molar-refractivity contribution >= 4 is 16.7 Å². The van der Waals surface area contributed by atoms with E-state index in [0.29, 0.717) is 0 Å². The zero-order valence-electron chi connectivity index (χ0n) is 12.2. The maximum Gasteiger partial charge on any atom is 0.145 e. The van der Waals surface area contributed by atoms with Gasteiger partial charge < -0.3 is 0 Å². The summed E-state index contributed by atoms with van der Waals surface area (Å²) in [5.74, 6) is 0. The molecule has 18 heavy (non-hydrogen) atoms. The Morgan fingerprint density at radius 1 is 1.00 bits per heavy atom. The second kappa shape index (κ2) is 5.35. The number of hydrogen-bond donors (Lipinski definition) is 0. The summed E-state index contributed by atoms with van der Waals surface area (Å²) < 4.78 is 16.4. The highest BCUT2D eigenvalue weighted by molar-refractivity contribution is 7.85. The third-order valence-electron chi connectivity index (χ3n) is 2.46. The molecule has 0 fully saturated rings. The van der Waals surface area contributed by atoms with Crippen LogP contribution in [0.25, 0.3) is 0 Å².